The third-order valence-corrected chi connectivity index (χ3v) is 6.53. The Labute approximate surface area is 195 Å². The summed E-state index contributed by atoms with van der Waals surface area (Å²) in [4.78, 5) is 12.5. The van der Waals surface area contributed by atoms with Gasteiger partial charge in [0, 0.05) is 38.3 Å². The number of hydrogen-bond donors (Lipinski definition) is 1. The minimum absolute atomic E-state index is 0.0194. The van der Waals surface area contributed by atoms with Crippen molar-refractivity contribution in [2.24, 2.45) is 0 Å². The van der Waals surface area contributed by atoms with E-state index in [2.05, 4.69) is 33.1 Å². The van der Waals surface area contributed by atoms with E-state index in [0.29, 0.717) is 18.9 Å². The van der Waals surface area contributed by atoms with E-state index in [1.807, 2.05) is 11.0 Å². The van der Waals surface area contributed by atoms with Crippen LogP contribution in [0.4, 0.5) is 19.0 Å². The molecule has 1 N–H and O–H groups in total. The molecule has 0 radical (unpaired) electrons. The fraction of sp³-hybridized carbons (Fsp3) is 0.360. The lowest BCUT2D eigenvalue weighted by Gasteiger charge is -2.43. The minimum Gasteiger partial charge on any atom is -0.438 e. The molecule has 2 aliphatic rings. The van der Waals surface area contributed by atoms with E-state index in [0.717, 1.165) is 32.0 Å². The molecule has 2 atom stereocenters. The van der Waals surface area contributed by atoms with Crippen LogP contribution in [0.1, 0.15) is 23.1 Å². The zero-order valence-electron chi connectivity index (χ0n) is 18.4. The summed E-state index contributed by atoms with van der Waals surface area (Å²) in [5.41, 5.74) is 1.81. The van der Waals surface area contributed by atoms with Crippen molar-refractivity contribution < 1.29 is 23.0 Å². The highest BCUT2D eigenvalue weighted by atomic mass is 19.4. The highest BCUT2D eigenvalue weighted by Gasteiger charge is 2.35. The number of fused-ring (bicyclic) bond motifs is 1. The summed E-state index contributed by atoms with van der Waals surface area (Å²) >= 11 is 0. The molecule has 5 rings (SSSR count). The number of aliphatic hydroxyl groups excluding tert-OH is 1. The Hall–Kier alpha value is -3.17. The second-order valence-corrected chi connectivity index (χ2v) is 8.67. The summed E-state index contributed by atoms with van der Waals surface area (Å²) < 4.78 is 45.3. The number of ether oxygens (including phenoxy) is 1. The zero-order valence-corrected chi connectivity index (χ0v) is 18.4. The number of anilines is 1. The lowest BCUT2D eigenvalue weighted by molar-refractivity contribution is -0.138. The molecule has 1 unspecified atom stereocenters. The molecular weight excluding hydrogens is 445 g/mol. The van der Waals surface area contributed by atoms with Crippen LogP contribution in [0.2, 0.25) is 0 Å². The monoisotopic (exact) mass is 470 g/mol. The maximum absolute atomic E-state index is 13.3. The molecule has 1 aromatic heterocycles. The summed E-state index contributed by atoms with van der Waals surface area (Å²) in [6.07, 6.45) is -2.13. The van der Waals surface area contributed by atoms with E-state index in [4.69, 9.17) is 4.74 Å². The van der Waals surface area contributed by atoms with Crippen molar-refractivity contribution in [2.45, 2.75) is 37.7 Å². The summed E-state index contributed by atoms with van der Waals surface area (Å²) in [5, 5.41) is 10.9. The first-order chi connectivity index (χ1) is 16.4. The van der Waals surface area contributed by atoms with Crippen LogP contribution in [-0.2, 0) is 19.1 Å². The van der Waals surface area contributed by atoms with Crippen LogP contribution in [0.25, 0.3) is 0 Å². The molecule has 0 saturated carbocycles. The van der Waals surface area contributed by atoms with Crippen LogP contribution < -0.4 is 9.64 Å². The topological polar surface area (TPSA) is 61.7 Å². The first-order valence-corrected chi connectivity index (χ1v) is 11.3. The smallest absolute Gasteiger partial charge is 0.419 e. The van der Waals surface area contributed by atoms with E-state index in [9.17, 15) is 18.3 Å². The van der Waals surface area contributed by atoms with Crippen molar-refractivity contribution >= 4 is 5.82 Å². The van der Waals surface area contributed by atoms with Crippen molar-refractivity contribution in [3.05, 3.63) is 77.6 Å². The van der Waals surface area contributed by atoms with Gasteiger partial charge in [0.05, 0.1) is 11.7 Å². The number of benzene rings is 2. The van der Waals surface area contributed by atoms with Gasteiger partial charge in [-0.1, -0.05) is 36.4 Å². The van der Waals surface area contributed by atoms with Crippen molar-refractivity contribution in [1.82, 2.24) is 14.9 Å². The van der Waals surface area contributed by atoms with E-state index >= 15 is 0 Å². The van der Waals surface area contributed by atoms with Crippen LogP contribution in [0.5, 0.6) is 11.6 Å². The van der Waals surface area contributed by atoms with E-state index in [1.54, 1.807) is 0 Å². The van der Waals surface area contributed by atoms with Crippen molar-refractivity contribution in [3.63, 3.8) is 0 Å². The molecule has 6 nitrogen and oxygen atoms in total. The molecule has 0 bridgehead atoms. The highest BCUT2D eigenvalue weighted by Crippen LogP contribution is 2.38. The van der Waals surface area contributed by atoms with E-state index < -0.39 is 17.8 Å². The average molecular weight is 470 g/mol. The van der Waals surface area contributed by atoms with Gasteiger partial charge in [0.1, 0.15) is 17.9 Å². The Balaban J connectivity index is 1.27. The molecule has 9 heteroatoms. The summed E-state index contributed by atoms with van der Waals surface area (Å²) in [6, 6.07) is 15.0. The Morgan fingerprint density at radius 2 is 1.74 bits per heavy atom. The van der Waals surface area contributed by atoms with Gasteiger partial charge in [-0.15, -0.1) is 0 Å². The molecule has 3 heterocycles. The van der Waals surface area contributed by atoms with E-state index in [1.165, 1.54) is 41.7 Å². The van der Waals surface area contributed by atoms with Gasteiger partial charge in [-0.3, -0.25) is 4.90 Å². The first-order valence-electron chi connectivity index (χ1n) is 11.3. The van der Waals surface area contributed by atoms with E-state index in [-0.39, 0.29) is 17.7 Å². The quantitative estimate of drug-likeness (QED) is 0.614. The van der Waals surface area contributed by atoms with Gasteiger partial charge >= 0.3 is 6.18 Å². The van der Waals surface area contributed by atoms with Gasteiger partial charge in [0.15, 0.2) is 0 Å². The number of nitrogens with zero attached hydrogens (tertiary/aromatic N) is 4. The van der Waals surface area contributed by atoms with Crippen LogP contribution in [0.15, 0.2) is 60.9 Å². The van der Waals surface area contributed by atoms with Crippen LogP contribution in [0.3, 0.4) is 0 Å². The molecule has 2 aromatic carbocycles. The Morgan fingerprint density at radius 1 is 0.971 bits per heavy atom. The largest absolute Gasteiger partial charge is 0.438 e. The molecule has 34 heavy (non-hydrogen) atoms. The number of para-hydroxylation sites is 1. The maximum Gasteiger partial charge on any atom is 0.419 e. The number of piperidine rings is 1. The van der Waals surface area contributed by atoms with Gasteiger partial charge in [-0.25, -0.2) is 9.97 Å². The third-order valence-electron chi connectivity index (χ3n) is 6.53. The fourth-order valence-electron chi connectivity index (χ4n) is 4.82. The van der Waals surface area contributed by atoms with Crippen LogP contribution >= 0.6 is 0 Å². The Morgan fingerprint density at radius 3 is 2.53 bits per heavy atom. The average Bonchev–Trinajstić information content (AvgIpc) is 2.83. The molecular formula is C25H25F3N4O2. The van der Waals surface area contributed by atoms with Crippen LogP contribution in [0, 0.1) is 0 Å². The van der Waals surface area contributed by atoms with Gasteiger partial charge in [0.2, 0.25) is 5.88 Å². The van der Waals surface area contributed by atoms with Gasteiger partial charge in [-0.05, 0) is 36.1 Å². The summed E-state index contributed by atoms with van der Waals surface area (Å²) in [6.45, 7) is 2.76. The predicted octanol–water partition coefficient (Wildman–Crippen LogP) is 4.29. The minimum atomic E-state index is -4.53. The summed E-state index contributed by atoms with van der Waals surface area (Å²) in [7, 11) is 0. The number of aromatic nitrogens is 2. The van der Waals surface area contributed by atoms with Crippen LogP contribution in [-0.4, -0.2) is 51.8 Å². The number of rotatable bonds is 4. The Kier molecular flexibility index (Phi) is 6.14. The number of β-amino-alcohol motifs (C(OH)–C–C–N with tert-alkyl or cyclic N) is 1. The molecule has 2 aliphatic heterocycles. The third kappa shape index (κ3) is 4.71. The lowest BCUT2D eigenvalue weighted by Crippen LogP contribution is -2.55. The zero-order chi connectivity index (χ0) is 23.7. The number of hydrogen-bond acceptors (Lipinski definition) is 6. The molecule has 1 saturated heterocycles. The van der Waals surface area contributed by atoms with Crippen molar-refractivity contribution in [1.29, 1.82) is 0 Å². The Bertz CT molecular complexity index is 1160. The second-order valence-electron chi connectivity index (χ2n) is 8.67. The van der Waals surface area contributed by atoms with Gasteiger partial charge < -0.3 is 14.7 Å². The fourth-order valence-corrected chi connectivity index (χ4v) is 4.82. The SMILES string of the molecule is O[C@H]1CN(c2cc(Oc3ccccc3C(F)(F)F)ncn2)CCC1N1CCc2ccccc2C1. The lowest BCUT2D eigenvalue weighted by atomic mass is 9.94. The maximum atomic E-state index is 13.3. The molecule has 178 valence electrons. The molecule has 0 aliphatic carbocycles. The second kappa shape index (κ2) is 9.23. The normalized spacial score (nSPS) is 21.2. The molecule has 0 amide bonds. The van der Waals surface area contributed by atoms with Crippen molar-refractivity contribution in [3.8, 4) is 11.6 Å². The highest BCUT2D eigenvalue weighted by molar-refractivity contribution is 5.44. The first kappa shape index (κ1) is 22.6. The molecule has 3 aromatic rings. The predicted molar refractivity (Wildman–Crippen MR) is 121 cm³/mol. The van der Waals surface area contributed by atoms with Crippen molar-refractivity contribution in [2.75, 3.05) is 24.5 Å². The van der Waals surface area contributed by atoms with Gasteiger partial charge in [-0.2, -0.15) is 13.2 Å². The molecule has 0 spiro atoms. The number of halogens is 3. The molecule has 1 fully saturated rings. The summed E-state index contributed by atoms with van der Waals surface area (Å²) in [5.74, 6) is 0.214. The standard InChI is InChI=1S/C25H25F3N4O2/c26-25(27,28)19-7-3-4-8-22(19)34-24-13-23(29-16-30-24)32-12-10-20(21(33)15-32)31-11-9-17-5-1-2-6-18(17)14-31/h1-8,13,16,20-21,33H,9-12,14-15H2/t20?,21-/m0/s1. The number of alkyl halides is 3. The number of aliphatic hydroxyl groups is 1. The van der Waals surface area contributed by atoms with Gasteiger partial charge in [0.25, 0.3) is 0 Å².